The van der Waals surface area contributed by atoms with Crippen LogP contribution in [-0.2, 0) is 17.1 Å². The number of tetrazole rings is 1. The van der Waals surface area contributed by atoms with Crippen LogP contribution in [0.15, 0.2) is 60.7 Å². The lowest BCUT2D eigenvalue weighted by Gasteiger charge is -2.34. The molecule has 0 unspecified atom stereocenters. The second kappa shape index (κ2) is 9.67. The summed E-state index contributed by atoms with van der Waals surface area (Å²) in [6.07, 6.45) is 0. The standard InChI is InChI=1S/C21H24N6OS/c28-21(17-29-16-18-7-3-1-4-8-18)26-13-11-25(12-14-26)15-20-22-23-24-27(20)19-9-5-2-6-10-19/h1-10H,11-17H2. The van der Waals surface area contributed by atoms with Crippen LogP contribution in [0.4, 0.5) is 0 Å². The number of para-hydroxylation sites is 1. The minimum absolute atomic E-state index is 0.222. The molecule has 0 radical (unpaired) electrons. The number of aromatic nitrogens is 4. The van der Waals surface area contributed by atoms with Crippen molar-refractivity contribution in [3.05, 3.63) is 72.1 Å². The van der Waals surface area contributed by atoms with Crippen LogP contribution >= 0.6 is 11.8 Å². The monoisotopic (exact) mass is 408 g/mol. The molecule has 1 aliphatic rings. The normalized spacial score (nSPS) is 14.8. The van der Waals surface area contributed by atoms with Crippen LogP contribution in [0, 0.1) is 0 Å². The highest BCUT2D eigenvalue weighted by molar-refractivity contribution is 7.99. The molecule has 150 valence electrons. The van der Waals surface area contributed by atoms with E-state index in [0.29, 0.717) is 12.3 Å². The van der Waals surface area contributed by atoms with Gasteiger partial charge in [0.2, 0.25) is 5.91 Å². The van der Waals surface area contributed by atoms with Gasteiger partial charge in [-0.15, -0.1) is 16.9 Å². The number of hydrogen-bond acceptors (Lipinski definition) is 6. The van der Waals surface area contributed by atoms with Gasteiger partial charge in [0.05, 0.1) is 18.0 Å². The Morgan fingerprint density at radius 2 is 1.62 bits per heavy atom. The zero-order chi connectivity index (χ0) is 19.9. The largest absolute Gasteiger partial charge is 0.339 e. The Morgan fingerprint density at radius 3 is 2.34 bits per heavy atom. The third kappa shape index (κ3) is 5.21. The number of thioether (sulfide) groups is 1. The second-order valence-electron chi connectivity index (χ2n) is 6.98. The molecule has 2 aromatic carbocycles. The molecule has 0 bridgehead atoms. The van der Waals surface area contributed by atoms with Crippen molar-refractivity contribution in [3.8, 4) is 5.69 Å². The molecule has 7 nitrogen and oxygen atoms in total. The highest BCUT2D eigenvalue weighted by atomic mass is 32.2. The number of carbonyl (C=O) groups is 1. The van der Waals surface area contributed by atoms with E-state index in [9.17, 15) is 4.79 Å². The highest BCUT2D eigenvalue weighted by Crippen LogP contribution is 2.14. The lowest BCUT2D eigenvalue weighted by atomic mass is 10.2. The van der Waals surface area contributed by atoms with Crippen molar-refractivity contribution in [3.63, 3.8) is 0 Å². The van der Waals surface area contributed by atoms with E-state index in [-0.39, 0.29) is 5.91 Å². The van der Waals surface area contributed by atoms with Gasteiger partial charge >= 0.3 is 0 Å². The molecular formula is C21H24N6OS. The molecule has 0 N–H and O–H groups in total. The molecule has 0 spiro atoms. The molecule has 0 saturated carbocycles. The summed E-state index contributed by atoms with van der Waals surface area (Å²) in [4.78, 5) is 16.8. The molecule has 4 rings (SSSR count). The molecule has 2 heterocycles. The fraction of sp³-hybridized carbons (Fsp3) is 0.333. The molecule has 0 atom stereocenters. The van der Waals surface area contributed by atoms with E-state index in [4.69, 9.17) is 0 Å². The van der Waals surface area contributed by atoms with Crippen molar-refractivity contribution in [1.82, 2.24) is 30.0 Å². The Kier molecular flexibility index (Phi) is 6.53. The van der Waals surface area contributed by atoms with Crippen LogP contribution in [0.1, 0.15) is 11.4 Å². The van der Waals surface area contributed by atoms with Gasteiger partial charge in [-0.1, -0.05) is 48.5 Å². The first-order chi connectivity index (χ1) is 14.3. The number of rotatable bonds is 7. The van der Waals surface area contributed by atoms with Gasteiger partial charge in [-0.2, -0.15) is 4.68 Å². The summed E-state index contributed by atoms with van der Waals surface area (Å²) in [7, 11) is 0. The lowest BCUT2D eigenvalue weighted by molar-refractivity contribution is -0.130. The predicted molar refractivity (Wildman–Crippen MR) is 114 cm³/mol. The van der Waals surface area contributed by atoms with E-state index >= 15 is 0 Å². The summed E-state index contributed by atoms with van der Waals surface area (Å²) >= 11 is 1.68. The number of carbonyl (C=O) groups excluding carboxylic acids is 1. The van der Waals surface area contributed by atoms with Gasteiger partial charge in [0, 0.05) is 31.9 Å². The van der Waals surface area contributed by atoms with E-state index in [0.717, 1.165) is 43.4 Å². The van der Waals surface area contributed by atoms with Crippen LogP contribution in [0.25, 0.3) is 5.69 Å². The fourth-order valence-electron chi connectivity index (χ4n) is 3.35. The molecule has 29 heavy (non-hydrogen) atoms. The van der Waals surface area contributed by atoms with Crippen LogP contribution in [-0.4, -0.2) is 67.8 Å². The summed E-state index contributed by atoms with van der Waals surface area (Å²) in [5, 5.41) is 12.1. The van der Waals surface area contributed by atoms with Crippen molar-refractivity contribution >= 4 is 17.7 Å². The summed E-state index contributed by atoms with van der Waals surface area (Å²) in [6.45, 7) is 3.83. The van der Waals surface area contributed by atoms with Crippen LogP contribution in [0.3, 0.4) is 0 Å². The first kappa shape index (κ1) is 19.6. The third-order valence-corrected chi connectivity index (χ3v) is 5.95. The van der Waals surface area contributed by atoms with Crippen molar-refractivity contribution < 1.29 is 4.79 Å². The Hall–Kier alpha value is -2.71. The molecular weight excluding hydrogens is 384 g/mol. The predicted octanol–water partition coefficient (Wildman–Crippen LogP) is 2.24. The Bertz CT molecular complexity index is 909. The van der Waals surface area contributed by atoms with E-state index in [1.165, 1.54) is 5.56 Å². The van der Waals surface area contributed by atoms with Crippen molar-refractivity contribution in [2.45, 2.75) is 12.3 Å². The molecule has 3 aromatic rings. The molecule has 8 heteroatoms. The van der Waals surface area contributed by atoms with Gasteiger partial charge in [-0.25, -0.2) is 0 Å². The van der Waals surface area contributed by atoms with Gasteiger partial charge in [-0.3, -0.25) is 9.69 Å². The maximum absolute atomic E-state index is 12.5. The Balaban J connectivity index is 1.24. The Labute approximate surface area is 174 Å². The average Bonchev–Trinajstić information content (AvgIpc) is 3.24. The minimum Gasteiger partial charge on any atom is -0.339 e. The minimum atomic E-state index is 0.222. The van der Waals surface area contributed by atoms with E-state index in [1.54, 1.807) is 16.4 Å². The molecule has 1 fully saturated rings. The van der Waals surface area contributed by atoms with Gasteiger partial charge in [0.25, 0.3) is 0 Å². The number of benzene rings is 2. The molecule has 0 aliphatic carbocycles. The third-order valence-electron chi connectivity index (χ3n) is 4.96. The number of piperazine rings is 1. The quantitative estimate of drug-likeness (QED) is 0.597. The fourth-order valence-corrected chi connectivity index (χ4v) is 4.24. The highest BCUT2D eigenvalue weighted by Gasteiger charge is 2.22. The van der Waals surface area contributed by atoms with Crippen LogP contribution in [0.5, 0.6) is 0 Å². The number of nitrogens with zero attached hydrogens (tertiary/aromatic N) is 6. The second-order valence-corrected chi connectivity index (χ2v) is 7.96. The summed E-state index contributed by atoms with van der Waals surface area (Å²) in [5.74, 6) is 2.43. The van der Waals surface area contributed by atoms with E-state index in [2.05, 4.69) is 32.6 Å². The van der Waals surface area contributed by atoms with E-state index in [1.807, 2.05) is 53.4 Å². The summed E-state index contributed by atoms with van der Waals surface area (Å²) < 4.78 is 1.78. The zero-order valence-electron chi connectivity index (χ0n) is 16.2. The van der Waals surface area contributed by atoms with Crippen LogP contribution < -0.4 is 0 Å². The van der Waals surface area contributed by atoms with Crippen molar-refractivity contribution in [2.24, 2.45) is 0 Å². The molecule has 1 aliphatic heterocycles. The zero-order valence-corrected chi connectivity index (χ0v) is 17.0. The molecule has 1 aromatic heterocycles. The average molecular weight is 409 g/mol. The van der Waals surface area contributed by atoms with E-state index < -0.39 is 0 Å². The topological polar surface area (TPSA) is 67.2 Å². The van der Waals surface area contributed by atoms with Gasteiger partial charge < -0.3 is 4.90 Å². The first-order valence-electron chi connectivity index (χ1n) is 9.74. The smallest absolute Gasteiger partial charge is 0.232 e. The van der Waals surface area contributed by atoms with Crippen molar-refractivity contribution in [2.75, 3.05) is 31.9 Å². The summed E-state index contributed by atoms with van der Waals surface area (Å²) in [5.41, 5.74) is 2.21. The SMILES string of the molecule is O=C(CSCc1ccccc1)N1CCN(Cc2nnnn2-c2ccccc2)CC1. The van der Waals surface area contributed by atoms with Crippen molar-refractivity contribution in [1.29, 1.82) is 0 Å². The van der Waals surface area contributed by atoms with Gasteiger partial charge in [0.1, 0.15) is 0 Å². The molecule has 1 saturated heterocycles. The number of hydrogen-bond donors (Lipinski definition) is 0. The van der Waals surface area contributed by atoms with Gasteiger partial charge in [-0.05, 0) is 28.1 Å². The maximum Gasteiger partial charge on any atom is 0.232 e. The van der Waals surface area contributed by atoms with Crippen LogP contribution in [0.2, 0.25) is 0 Å². The molecule has 1 amide bonds. The summed E-state index contributed by atoms with van der Waals surface area (Å²) in [6, 6.07) is 20.2. The first-order valence-corrected chi connectivity index (χ1v) is 10.9. The number of amides is 1. The Morgan fingerprint density at radius 1 is 0.931 bits per heavy atom. The van der Waals surface area contributed by atoms with Gasteiger partial charge in [0.15, 0.2) is 5.82 Å². The lowest BCUT2D eigenvalue weighted by Crippen LogP contribution is -2.49. The maximum atomic E-state index is 12.5.